The summed E-state index contributed by atoms with van der Waals surface area (Å²) in [6.45, 7) is 3.76. The molecule has 0 radical (unpaired) electrons. The van der Waals surface area contributed by atoms with Gasteiger partial charge in [-0.1, -0.05) is 15.9 Å². The van der Waals surface area contributed by atoms with Gasteiger partial charge < -0.3 is 4.90 Å². The lowest BCUT2D eigenvalue weighted by molar-refractivity contribution is -0.384. The van der Waals surface area contributed by atoms with E-state index in [1.54, 1.807) is 6.07 Å². The second-order valence-electron chi connectivity index (χ2n) is 4.04. The molecule has 0 aliphatic carbocycles. The van der Waals surface area contributed by atoms with Crippen LogP contribution in [0.15, 0.2) is 16.6 Å². The molecule has 4 nitrogen and oxygen atoms in total. The molecule has 1 aliphatic heterocycles. The zero-order valence-electron chi connectivity index (χ0n) is 9.07. The lowest BCUT2D eigenvalue weighted by Gasteiger charge is -2.20. The monoisotopic (exact) mass is 284 g/mol. The molecule has 1 saturated heterocycles. The highest BCUT2D eigenvalue weighted by molar-refractivity contribution is 9.10. The fourth-order valence-electron chi connectivity index (χ4n) is 2.21. The summed E-state index contributed by atoms with van der Waals surface area (Å²) in [7, 11) is 0. The van der Waals surface area contributed by atoms with Crippen LogP contribution in [-0.2, 0) is 0 Å². The van der Waals surface area contributed by atoms with E-state index in [1.165, 1.54) is 0 Å². The van der Waals surface area contributed by atoms with Gasteiger partial charge >= 0.3 is 0 Å². The molecule has 86 valence electrons. The molecule has 0 N–H and O–H groups in total. The molecule has 1 aliphatic rings. The molecule has 2 rings (SSSR count). The number of aryl methyl sites for hydroxylation is 1. The van der Waals surface area contributed by atoms with Gasteiger partial charge in [0.15, 0.2) is 0 Å². The SMILES string of the molecule is Cc1cc(Br)cc([N+](=O)[O-])c1N1CCCC1. The molecule has 16 heavy (non-hydrogen) atoms. The van der Waals surface area contributed by atoms with E-state index in [0.717, 1.165) is 41.7 Å². The molecule has 5 heteroatoms. The molecule has 1 aromatic rings. The smallest absolute Gasteiger partial charge is 0.293 e. The van der Waals surface area contributed by atoms with Crippen LogP contribution in [0.25, 0.3) is 0 Å². The highest BCUT2D eigenvalue weighted by Crippen LogP contribution is 2.36. The van der Waals surface area contributed by atoms with Crippen LogP contribution in [0, 0.1) is 17.0 Å². The Morgan fingerprint density at radius 2 is 2.00 bits per heavy atom. The summed E-state index contributed by atoms with van der Waals surface area (Å²) in [5, 5.41) is 11.0. The summed E-state index contributed by atoms with van der Waals surface area (Å²) in [6.07, 6.45) is 2.24. The second-order valence-corrected chi connectivity index (χ2v) is 4.96. The van der Waals surface area contributed by atoms with Crippen LogP contribution in [0.3, 0.4) is 0 Å². The highest BCUT2D eigenvalue weighted by atomic mass is 79.9. The maximum absolute atomic E-state index is 11.0. The number of rotatable bonds is 2. The first kappa shape index (κ1) is 11.4. The summed E-state index contributed by atoms with van der Waals surface area (Å²) in [5.41, 5.74) is 1.95. The molecule has 0 bridgehead atoms. The third kappa shape index (κ3) is 2.04. The van der Waals surface area contributed by atoms with Crippen molar-refractivity contribution in [3.63, 3.8) is 0 Å². The maximum Gasteiger partial charge on any atom is 0.293 e. The Bertz CT molecular complexity index is 428. The fraction of sp³-hybridized carbons (Fsp3) is 0.455. The normalized spacial score (nSPS) is 15.5. The predicted molar refractivity (Wildman–Crippen MR) is 67.0 cm³/mol. The van der Waals surface area contributed by atoms with Crippen LogP contribution < -0.4 is 4.90 Å². The van der Waals surface area contributed by atoms with Gasteiger partial charge in [0.1, 0.15) is 5.69 Å². The second kappa shape index (κ2) is 4.41. The number of anilines is 1. The van der Waals surface area contributed by atoms with E-state index in [0.29, 0.717) is 0 Å². The summed E-state index contributed by atoms with van der Waals surface area (Å²) < 4.78 is 0.764. The minimum Gasteiger partial charge on any atom is -0.366 e. The predicted octanol–water partition coefficient (Wildman–Crippen LogP) is 3.27. The molecular formula is C11H13BrN2O2. The van der Waals surface area contributed by atoms with Crippen LogP contribution in [0.2, 0.25) is 0 Å². The van der Waals surface area contributed by atoms with Gasteiger partial charge in [-0.05, 0) is 31.4 Å². The topological polar surface area (TPSA) is 46.4 Å². The fourth-order valence-corrected chi connectivity index (χ4v) is 2.77. The maximum atomic E-state index is 11.0. The van der Waals surface area contributed by atoms with Crippen molar-refractivity contribution in [1.29, 1.82) is 0 Å². The molecule has 1 fully saturated rings. The van der Waals surface area contributed by atoms with Crippen LogP contribution in [-0.4, -0.2) is 18.0 Å². The van der Waals surface area contributed by atoms with Gasteiger partial charge in [-0.15, -0.1) is 0 Å². The third-order valence-corrected chi connectivity index (χ3v) is 3.32. The minimum atomic E-state index is -0.300. The molecule has 0 unspecified atom stereocenters. The number of nitrogens with zero attached hydrogens (tertiary/aromatic N) is 2. The summed E-state index contributed by atoms with van der Waals surface area (Å²) in [4.78, 5) is 12.9. The Labute approximate surface area is 103 Å². The first-order valence-corrected chi connectivity index (χ1v) is 6.08. The minimum absolute atomic E-state index is 0.203. The van der Waals surface area contributed by atoms with Gasteiger partial charge in [0.25, 0.3) is 5.69 Å². The summed E-state index contributed by atoms with van der Waals surface area (Å²) in [5.74, 6) is 0. The molecule has 0 atom stereocenters. The number of halogens is 1. The average molecular weight is 285 g/mol. The average Bonchev–Trinajstić information content (AvgIpc) is 2.69. The van der Waals surface area contributed by atoms with Crippen molar-refractivity contribution < 1.29 is 4.92 Å². The van der Waals surface area contributed by atoms with Crippen LogP contribution in [0.4, 0.5) is 11.4 Å². The molecule has 0 aromatic heterocycles. The molecular weight excluding hydrogens is 272 g/mol. The first-order chi connectivity index (χ1) is 7.59. The Morgan fingerprint density at radius 1 is 1.38 bits per heavy atom. The van der Waals surface area contributed by atoms with E-state index in [1.807, 2.05) is 13.0 Å². The van der Waals surface area contributed by atoms with Crippen molar-refractivity contribution in [2.45, 2.75) is 19.8 Å². The summed E-state index contributed by atoms with van der Waals surface area (Å²) >= 11 is 3.30. The number of hydrogen-bond donors (Lipinski definition) is 0. The van der Waals surface area contributed by atoms with Crippen LogP contribution in [0.5, 0.6) is 0 Å². The van der Waals surface area contributed by atoms with Crippen molar-refractivity contribution in [2.24, 2.45) is 0 Å². The number of hydrogen-bond acceptors (Lipinski definition) is 3. The van der Waals surface area contributed by atoms with E-state index in [4.69, 9.17) is 0 Å². The number of nitro benzene ring substituents is 1. The van der Waals surface area contributed by atoms with Crippen molar-refractivity contribution in [3.05, 3.63) is 32.3 Å². The zero-order chi connectivity index (χ0) is 11.7. The third-order valence-electron chi connectivity index (χ3n) is 2.86. The first-order valence-electron chi connectivity index (χ1n) is 5.29. The highest BCUT2D eigenvalue weighted by Gasteiger charge is 2.24. The van der Waals surface area contributed by atoms with Gasteiger partial charge in [0, 0.05) is 23.6 Å². The van der Waals surface area contributed by atoms with Gasteiger partial charge in [-0.3, -0.25) is 10.1 Å². The van der Waals surface area contributed by atoms with E-state index < -0.39 is 0 Å². The Hall–Kier alpha value is -1.10. The number of benzene rings is 1. The number of nitro groups is 1. The van der Waals surface area contributed by atoms with E-state index in [9.17, 15) is 10.1 Å². The van der Waals surface area contributed by atoms with Gasteiger partial charge in [-0.2, -0.15) is 0 Å². The van der Waals surface area contributed by atoms with Gasteiger partial charge in [-0.25, -0.2) is 0 Å². The van der Waals surface area contributed by atoms with Crippen molar-refractivity contribution in [2.75, 3.05) is 18.0 Å². The standard InChI is InChI=1S/C11H13BrN2O2/c1-8-6-9(12)7-10(14(15)16)11(8)13-4-2-3-5-13/h6-7H,2-5H2,1H3. The quantitative estimate of drug-likeness (QED) is 0.619. The molecule has 1 aromatic carbocycles. The molecule has 1 heterocycles. The van der Waals surface area contributed by atoms with E-state index >= 15 is 0 Å². The van der Waals surface area contributed by atoms with Crippen molar-refractivity contribution in [1.82, 2.24) is 0 Å². The van der Waals surface area contributed by atoms with Crippen molar-refractivity contribution in [3.8, 4) is 0 Å². The van der Waals surface area contributed by atoms with Gasteiger partial charge in [0.05, 0.1) is 4.92 Å². The van der Waals surface area contributed by atoms with E-state index in [-0.39, 0.29) is 10.6 Å². The largest absolute Gasteiger partial charge is 0.366 e. The Morgan fingerprint density at radius 3 is 2.56 bits per heavy atom. The van der Waals surface area contributed by atoms with E-state index in [2.05, 4.69) is 20.8 Å². The zero-order valence-corrected chi connectivity index (χ0v) is 10.7. The van der Waals surface area contributed by atoms with Crippen molar-refractivity contribution >= 4 is 27.3 Å². The van der Waals surface area contributed by atoms with Crippen LogP contribution >= 0.6 is 15.9 Å². The Balaban J connectivity index is 2.52. The molecule has 0 spiro atoms. The molecule has 0 saturated carbocycles. The summed E-state index contributed by atoms with van der Waals surface area (Å²) in [6, 6.07) is 3.52. The lowest BCUT2D eigenvalue weighted by Crippen LogP contribution is -2.20. The Kier molecular flexibility index (Phi) is 3.14. The lowest BCUT2D eigenvalue weighted by atomic mass is 10.1. The van der Waals surface area contributed by atoms with Crippen LogP contribution in [0.1, 0.15) is 18.4 Å². The molecule has 0 amide bonds. The van der Waals surface area contributed by atoms with Gasteiger partial charge in [0.2, 0.25) is 0 Å².